The maximum Gasteiger partial charge on any atom is 0.307 e. The van der Waals surface area contributed by atoms with Gasteiger partial charge in [0, 0.05) is 12.2 Å². The van der Waals surface area contributed by atoms with Crippen LogP contribution in [0.3, 0.4) is 0 Å². The topological polar surface area (TPSA) is 86.0 Å². The summed E-state index contributed by atoms with van der Waals surface area (Å²) < 4.78 is 0. The van der Waals surface area contributed by atoms with E-state index in [1.165, 1.54) is 0 Å². The highest BCUT2D eigenvalue weighted by Gasteiger charge is 2.46. The third-order valence-electron chi connectivity index (χ3n) is 4.99. The molecule has 112 valence electrons. The van der Waals surface area contributed by atoms with E-state index in [4.69, 9.17) is 5.26 Å². The monoisotopic (exact) mass is 287 g/mol. The fourth-order valence-corrected chi connectivity index (χ4v) is 3.23. The largest absolute Gasteiger partial charge is 0.481 e. The number of aromatic nitrogens is 1. The molecule has 5 heteroatoms. The summed E-state index contributed by atoms with van der Waals surface area (Å²) in [5, 5.41) is 21.8. The number of pyridine rings is 1. The van der Waals surface area contributed by atoms with Crippen molar-refractivity contribution in [1.29, 1.82) is 5.26 Å². The van der Waals surface area contributed by atoms with Gasteiger partial charge in [-0.1, -0.05) is 20.8 Å². The second kappa shape index (κ2) is 5.72. The van der Waals surface area contributed by atoms with Gasteiger partial charge in [0.15, 0.2) is 0 Å². The Bertz CT molecular complexity index is 577. The Kier molecular flexibility index (Phi) is 4.17. The minimum absolute atomic E-state index is 0.123. The Labute approximate surface area is 125 Å². The van der Waals surface area contributed by atoms with Gasteiger partial charge in [-0.05, 0) is 36.3 Å². The first-order valence-corrected chi connectivity index (χ1v) is 7.22. The average molecular weight is 287 g/mol. The summed E-state index contributed by atoms with van der Waals surface area (Å²) in [6, 6.07) is 5.72. The molecule has 0 spiro atoms. The zero-order valence-electron chi connectivity index (χ0n) is 12.6. The molecule has 1 aliphatic carbocycles. The predicted octanol–water partition coefficient (Wildman–Crippen LogP) is 2.89. The number of anilines is 1. The van der Waals surface area contributed by atoms with Crippen molar-refractivity contribution in [3.63, 3.8) is 0 Å². The minimum Gasteiger partial charge on any atom is -0.481 e. The summed E-state index contributed by atoms with van der Waals surface area (Å²) in [6.07, 6.45) is 3.06. The zero-order valence-corrected chi connectivity index (χ0v) is 12.6. The normalized spacial score (nSPS) is 27.6. The Morgan fingerprint density at radius 3 is 2.86 bits per heavy atom. The number of carboxylic acids is 1. The van der Waals surface area contributed by atoms with Crippen LogP contribution >= 0.6 is 0 Å². The summed E-state index contributed by atoms with van der Waals surface area (Å²) >= 11 is 0. The molecule has 1 heterocycles. The van der Waals surface area contributed by atoms with Crippen molar-refractivity contribution < 1.29 is 9.90 Å². The third-order valence-corrected chi connectivity index (χ3v) is 4.99. The van der Waals surface area contributed by atoms with Crippen molar-refractivity contribution in [3.8, 4) is 6.07 Å². The number of nitrogens with one attached hydrogen (secondary N) is 1. The molecule has 0 amide bonds. The molecule has 0 bridgehead atoms. The first-order chi connectivity index (χ1) is 9.87. The number of aliphatic carboxylic acids is 1. The highest BCUT2D eigenvalue weighted by molar-refractivity contribution is 5.71. The van der Waals surface area contributed by atoms with Crippen molar-refractivity contribution in [2.24, 2.45) is 17.3 Å². The van der Waals surface area contributed by atoms with Crippen LogP contribution in [0.4, 0.5) is 5.82 Å². The van der Waals surface area contributed by atoms with Gasteiger partial charge in [-0.3, -0.25) is 4.79 Å². The molecule has 0 aliphatic heterocycles. The quantitative estimate of drug-likeness (QED) is 0.892. The molecule has 0 saturated heterocycles. The molecule has 3 atom stereocenters. The maximum absolute atomic E-state index is 11.4. The lowest BCUT2D eigenvalue weighted by Gasteiger charge is -2.46. The first-order valence-electron chi connectivity index (χ1n) is 7.22. The molecule has 1 aromatic heterocycles. The van der Waals surface area contributed by atoms with Crippen molar-refractivity contribution in [3.05, 3.63) is 23.9 Å². The summed E-state index contributed by atoms with van der Waals surface area (Å²) in [5.74, 6) is -0.298. The lowest BCUT2D eigenvalue weighted by atomic mass is 9.61. The molecule has 5 nitrogen and oxygen atoms in total. The molecular weight excluding hydrogens is 266 g/mol. The van der Waals surface area contributed by atoms with E-state index in [1.54, 1.807) is 18.3 Å². The van der Waals surface area contributed by atoms with Crippen molar-refractivity contribution in [2.75, 3.05) is 5.32 Å². The molecule has 1 saturated carbocycles. The highest BCUT2D eigenvalue weighted by Crippen LogP contribution is 2.45. The molecule has 1 fully saturated rings. The van der Waals surface area contributed by atoms with Crippen LogP contribution in [-0.2, 0) is 4.79 Å². The highest BCUT2D eigenvalue weighted by atomic mass is 16.4. The lowest BCUT2D eigenvalue weighted by molar-refractivity contribution is -0.149. The summed E-state index contributed by atoms with van der Waals surface area (Å²) in [4.78, 5) is 15.6. The van der Waals surface area contributed by atoms with Gasteiger partial charge in [0.05, 0.1) is 11.5 Å². The van der Waals surface area contributed by atoms with Crippen molar-refractivity contribution in [2.45, 2.75) is 39.7 Å². The number of carbonyl (C=O) groups is 1. The van der Waals surface area contributed by atoms with Gasteiger partial charge < -0.3 is 10.4 Å². The fourth-order valence-electron chi connectivity index (χ4n) is 3.23. The van der Waals surface area contributed by atoms with E-state index in [9.17, 15) is 9.90 Å². The molecule has 21 heavy (non-hydrogen) atoms. The van der Waals surface area contributed by atoms with Gasteiger partial charge >= 0.3 is 5.97 Å². The second-order valence-electron chi connectivity index (χ2n) is 6.34. The van der Waals surface area contributed by atoms with Crippen LogP contribution in [0.2, 0.25) is 0 Å². The van der Waals surface area contributed by atoms with Crippen LogP contribution in [0.25, 0.3) is 0 Å². The summed E-state index contributed by atoms with van der Waals surface area (Å²) in [7, 11) is 0. The van der Waals surface area contributed by atoms with E-state index < -0.39 is 5.97 Å². The predicted molar refractivity (Wildman–Crippen MR) is 79.7 cm³/mol. The van der Waals surface area contributed by atoms with Crippen molar-refractivity contribution >= 4 is 11.8 Å². The van der Waals surface area contributed by atoms with E-state index >= 15 is 0 Å². The number of carboxylic acid groups (broad SMARTS) is 1. The summed E-state index contributed by atoms with van der Waals surface area (Å²) in [6.45, 7) is 6.09. The van der Waals surface area contributed by atoms with Gasteiger partial charge in [-0.15, -0.1) is 0 Å². The SMILES string of the molecule is CC1C(Nc2ncccc2C#N)CCC(C(=O)O)C1(C)C. The van der Waals surface area contributed by atoms with E-state index in [0.29, 0.717) is 17.8 Å². The van der Waals surface area contributed by atoms with Gasteiger partial charge in [-0.25, -0.2) is 4.98 Å². The second-order valence-corrected chi connectivity index (χ2v) is 6.34. The van der Waals surface area contributed by atoms with Crippen LogP contribution in [0.1, 0.15) is 39.2 Å². The number of nitrogens with zero attached hydrogens (tertiary/aromatic N) is 2. The zero-order chi connectivity index (χ0) is 15.6. The van der Waals surface area contributed by atoms with Crippen LogP contribution < -0.4 is 5.32 Å². The Balaban J connectivity index is 2.20. The third kappa shape index (κ3) is 2.85. The lowest BCUT2D eigenvalue weighted by Crippen LogP contribution is -2.48. The van der Waals surface area contributed by atoms with E-state index in [-0.39, 0.29) is 23.3 Å². The van der Waals surface area contributed by atoms with Gasteiger partial charge in [0.2, 0.25) is 0 Å². The van der Waals surface area contributed by atoms with Gasteiger partial charge in [0.1, 0.15) is 11.9 Å². The fraction of sp³-hybridized carbons (Fsp3) is 0.562. The van der Waals surface area contributed by atoms with Gasteiger partial charge in [0.25, 0.3) is 0 Å². The Hall–Kier alpha value is -2.09. The molecule has 0 radical (unpaired) electrons. The molecule has 0 aromatic carbocycles. The van der Waals surface area contributed by atoms with Gasteiger partial charge in [-0.2, -0.15) is 5.26 Å². The molecular formula is C16H21N3O2. The van der Waals surface area contributed by atoms with Crippen LogP contribution in [0.15, 0.2) is 18.3 Å². The van der Waals surface area contributed by atoms with Crippen molar-refractivity contribution in [1.82, 2.24) is 4.98 Å². The van der Waals surface area contributed by atoms with E-state index in [1.807, 2.05) is 13.8 Å². The Morgan fingerprint density at radius 2 is 2.24 bits per heavy atom. The summed E-state index contributed by atoms with van der Waals surface area (Å²) in [5.41, 5.74) is 0.214. The molecule has 3 unspecified atom stereocenters. The van der Waals surface area contributed by atoms with Crippen LogP contribution in [0.5, 0.6) is 0 Å². The Morgan fingerprint density at radius 1 is 1.52 bits per heavy atom. The molecule has 1 aromatic rings. The standard InChI is InChI=1S/C16H21N3O2/c1-10-13(7-6-12(15(20)21)16(10,2)3)19-14-11(9-17)5-4-8-18-14/h4-5,8,10,12-13H,6-7H2,1-3H3,(H,18,19)(H,20,21). The minimum atomic E-state index is -0.721. The van der Waals surface area contributed by atoms with Crippen LogP contribution in [-0.4, -0.2) is 22.1 Å². The molecule has 1 aliphatic rings. The van der Waals surface area contributed by atoms with E-state index in [0.717, 1.165) is 6.42 Å². The van der Waals surface area contributed by atoms with E-state index in [2.05, 4.69) is 23.3 Å². The number of nitriles is 1. The first kappa shape index (κ1) is 15.3. The smallest absolute Gasteiger partial charge is 0.307 e. The number of rotatable bonds is 3. The maximum atomic E-state index is 11.4. The average Bonchev–Trinajstić information content (AvgIpc) is 2.44. The molecule has 2 N–H and O–H groups in total. The van der Waals surface area contributed by atoms with Crippen LogP contribution in [0, 0.1) is 28.6 Å². The number of hydrogen-bond donors (Lipinski definition) is 2. The number of hydrogen-bond acceptors (Lipinski definition) is 4. The molecule has 2 rings (SSSR count).